The number of benzene rings is 1. The minimum absolute atomic E-state index is 0.252. The lowest BCUT2D eigenvalue weighted by molar-refractivity contribution is -0.121. The normalized spacial score (nSPS) is 23.8. The Bertz CT molecular complexity index is 332. The van der Waals surface area contributed by atoms with Crippen LogP contribution in [0.5, 0.6) is 0 Å². The second-order valence-corrected chi connectivity index (χ2v) is 4.07. The third kappa shape index (κ3) is 2.45. The van der Waals surface area contributed by atoms with Crippen LogP contribution in [0.25, 0.3) is 0 Å². The highest BCUT2D eigenvalue weighted by molar-refractivity contribution is 5.85. The molecule has 1 aromatic carbocycles. The van der Waals surface area contributed by atoms with E-state index in [4.69, 9.17) is 4.74 Å². The van der Waals surface area contributed by atoms with Gasteiger partial charge in [0.05, 0.1) is 6.61 Å². The zero-order chi connectivity index (χ0) is 10.7. The molecule has 1 saturated carbocycles. The summed E-state index contributed by atoms with van der Waals surface area (Å²) >= 11 is 0. The monoisotopic (exact) mass is 204 g/mol. The molecule has 2 atom stereocenters. The lowest BCUT2D eigenvalue weighted by Crippen LogP contribution is -2.05. The van der Waals surface area contributed by atoms with Crippen LogP contribution in [0.2, 0.25) is 0 Å². The standard InChI is InChI=1S/C13H16O2/c1-15-8-7-13(14)12-9-11(12)10-5-3-2-4-6-10/h2-6,11-12H,7-9H2,1H3. The second kappa shape index (κ2) is 4.58. The molecule has 2 rings (SSSR count). The van der Waals surface area contributed by atoms with Crippen molar-refractivity contribution in [1.29, 1.82) is 0 Å². The van der Waals surface area contributed by atoms with Crippen LogP contribution < -0.4 is 0 Å². The van der Waals surface area contributed by atoms with E-state index in [-0.39, 0.29) is 5.92 Å². The molecule has 80 valence electrons. The van der Waals surface area contributed by atoms with Crippen LogP contribution in [0.4, 0.5) is 0 Å². The highest BCUT2D eigenvalue weighted by Crippen LogP contribution is 2.48. The predicted octanol–water partition coefficient (Wildman–Crippen LogP) is 2.40. The van der Waals surface area contributed by atoms with Gasteiger partial charge in [0.2, 0.25) is 0 Å². The first-order chi connectivity index (χ1) is 7.33. The summed E-state index contributed by atoms with van der Waals surface area (Å²) in [6.07, 6.45) is 1.58. The Hall–Kier alpha value is -1.15. The van der Waals surface area contributed by atoms with Gasteiger partial charge in [-0.1, -0.05) is 30.3 Å². The summed E-state index contributed by atoms with van der Waals surface area (Å²) in [5.74, 6) is 1.07. The minimum atomic E-state index is 0.252. The van der Waals surface area contributed by atoms with E-state index in [0.29, 0.717) is 24.7 Å². The van der Waals surface area contributed by atoms with Crippen molar-refractivity contribution in [2.75, 3.05) is 13.7 Å². The Balaban J connectivity index is 1.88. The lowest BCUT2D eigenvalue weighted by Gasteiger charge is -2.00. The second-order valence-electron chi connectivity index (χ2n) is 4.07. The molecule has 1 aliphatic rings. The number of carbonyl (C=O) groups excluding carboxylic acids is 1. The molecule has 1 fully saturated rings. The van der Waals surface area contributed by atoms with Gasteiger partial charge in [-0.25, -0.2) is 0 Å². The van der Waals surface area contributed by atoms with E-state index in [1.165, 1.54) is 5.56 Å². The molecule has 0 saturated heterocycles. The van der Waals surface area contributed by atoms with Gasteiger partial charge in [-0.2, -0.15) is 0 Å². The molecule has 0 heterocycles. The summed E-state index contributed by atoms with van der Waals surface area (Å²) < 4.78 is 4.91. The van der Waals surface area contributed by atoms with Gasteiger partial charge in [0.25, 0.3) is 0 Å². The fraction of sp³-hybridized carbons (Fsp3) is 0.462. The number of rotatable bonds is 5. The first-order valence-corrected chi connectivity index (χ1v) is 5.39. The van der Waals surface area contributed by atoms with Gasteiger partial charge >= 0.3 is 0 Å². The number of hydrogen-bond donors (Lipinski definition) is 0. The average Bonchev–Trinajstić information content (AvgIpc) is 3.07. The van der Waals surface area contributed by atoms with Crippen molar-refractivity contribution >= 4 is 5.78 Å². The quantitative estimate of drug-likeness (QED) is 0.736. The van der Waals surface area contributed by atoms with Crippen LogP contribution in [0.3, 0.4) is 0 Å². The van der Waals surface area contributed by atoms with Gasteiger partial charge in [0.1, 0.15) is 5.78 Å². The van der Waals surface area contributed by atoms with Crippen molar-refractivity contribution < 1.29 is 9.53 Å². The average molecular weight is 204 g/mol. The number of carbonyl (C=O) groups is 1. The maximum Gasteiger partial charge on any atom is 0.138 e. The molecule has 1 aliphatic carbocycles. The van der Waals surface area contributed by atoms with Crippen LogP contribution in [-0.4, -0.2) is 19.5 Å². The van der Waals surface area contributed by atoms with E-state index in [1.807, 2.05) is 18.2 Å². The van der Waals surface area contributed by atoms with E-state index >= 15 is 0 Å². The van der Waals surface area contributed by atoms with Crippen molar-refractivity contribution in [2.45, 2.75) is 18.8 Å². The Labute approximate surface area is 90.3 Å². The van der Waals surface area contributed by atoms with Crippen molar-refractivity contribution in [3.63, 3.8) is 0 Å². The van der Waals surface area contributed by atoms with E-state index < -0.39 is 0 Å². The first kappa shape index (κ1) is 10.4. The molecule has 2 unspecified atom stereocenters. The molecular weight excluding hydrogens is 188 g/mol. The van der Waals surface area contributed by atoms with E-state index in [0.717, 1.165) is 6.42 Å². The van der Waals surface area contributed by atoms with Crippen LogP contribution in [0.1, 0.15) is 24.3 Å². The van der Waals surface area contributed by atoms with Gasteiger partial charge in [-0.05, 0) is 17.9 Å². The molecule has 0 spiro atoms. The largest absolute Gasteiger partial charge is 0.384 e. The van der Waals surface area contributed by atoms with Gasteiger partial charge in [0.15, 0.2) is 0 Å². The summed E-state index contributed by atoms with van der Waals surface area (Å²) in [6, 6.07) is 10.3. The van der Waals surface area contributed by atoms with E-state index in [1.54, 1.807) is 7.11 Å². The third-order valence-corrected chi connectivity index (χ3v) is 2.98. The Kier molecular flexibility index (Phi) is 3.17. The number of hydrogen-bond acceptors (Lipinski definition) is 2. The van der Waals surface area contributed by atoms with Crippen LogP contribution in [0.15, 0.2) is 30.3 Å². The van der Waals surface area contributed by atoms with E-state index in [2.05, 4.69) is 12.1 Å². The van der Waals surface area contributed by atoms with E-state index in [9.17, 15) is 4.79 Å². The predicted molar refractivity (Wildman–Crippen MR) is 58.8 cm³/mol. The van der Waals surface area contributed by atoms with Crippen molar-refractivity contribution in [1.82, 2.24) is 0 Å². The topological polar surface area (TPSA) is 26.3 Å². The van der Waals surface area contributed by atoms with Crippen molar-refractivity contribution in [3.05, 3.63) is 35.9 Å². The molecule has 2 heteroatoms. The van der Waals surface area contributed by atoms with Crippen LogP contribution in [-0.2, 0) is 9.53 Å². The zero-order valence-electron chi connectivity index (χ0n) is 8.98. The minimum Gasteiger partial charge on any atom is -0.384 e. The SMILES string of the molecule is COCCC(=O)C1CC1c1ccccc1. The zero-order valence-corrected chi connectivity index (χ0v) is 8.98. The molecule has 0 N–H and O–H groups in total. The number of Topliss-reactive ketones (excluding diaryl/α,β-unsaturated/α-hetero) is 1. The summed E-state index contributed by atoms with van der Waals surface area (Å²) in [5.41, 5.74) is 1.30. The van der Waals surface area contributed by atoms with Gasteiger partial charge < -0.3 is 4.74 Å². The highest BCUT2D eigenvalue weighted by Gasteiger charge is 2.42. The maximum absolute atomic E-state index is 11.7. The molecule has 0 aliphatic heterocycles. The molecule has 0 aromatic heterocycles. The first-order valence-electron chi connectivity index (χ1n) is 5.39. The van der Waals surface area contributed by atoms with Crippen molar-refractivity contribution in [3.8, 4) is 0 Å². The Morgan fingerprint density at radius 3 is 2.80 bits per heavy atom. The molecular formula is C13H16O2. The van der Waals surface area contributed by atoms with Crippen LogP contribution >= 0.6 is 0 Å². The van der Waals surface area contributed by atoms with Gasteiger partial charge in [0, 0.05) is 19.4 Å². The number of methoxy groups -OCH3 is 1. The smallest absolute Gasteiger partial charge is 0.138 e. The maximum atomic E-state index is 11.7. The molecule has 0 radical (unpaired) electrons. The molecule has 1 aromatic rings. The Morgan fingerprint density at radius 2 is 2.13 bits per heavy atom. The molecule has 0 bridgehead atoms. The molecule has 15 heavy (non-hydrogen) atoms. The molecule has 0 amide bonds. The third-order valence-electron chi connectivity index (χ3n) is 2.98. The highest BCUT2D eigenvalue weighted by atomic mass is 16.5. The summed E-state index contributed by atoms with van der Waals surface area (Å²) in [5, 5.41) is 0. The Morgan fingerprint density at radius 1 is 1.40 bits per heavy atom. The van der Waals surface area contributed by atoms with Gasteiger partial charge in [-0.15, -0.1) is 0 Å². The molecule has 2 nitrogen and oxygen atoms in total. The van der Waals surface area contributed by atoms with Crippen molar-refractivity contribution in [2.24, 2.45) is 5.92 Å². The summed E-state index contributed by atoms with van der Waals surface area (Å²) in [7, 11) is 1.63. The fourth-order valence-electron chi connectivity index (χ4n) is 2.01. The fourth-order valence-corrected chi connectivity index (χ4v) is 2.01. The summed E-state index contributed by atoms with van der Waals surface area (Å²) in [6.45, 7) is 0.552. The number of ketones is 1. The van der Waals surface area contributed by atoms with Gasteiger partial charge in [-0.3, -0.25) is 4.79 Å². The summed E-state index contributed by atoms with van der Waals surface area (Å²) in [4.78, 5) is 11.7. The number of ether oxygens (including phenoxy) is 1. The van der Waals surface area contributed by atoms with Crippen LogP contribution in [0, 0.1) is 5.92 Å². The lowest BCUT2D eigenvalue weighted by atomic mass is 10.1.